The third-order valence-corrected chi connectivity index (χ3v) is 2.52. The van der Waals surface area contributed by atoms with Gasteiger partial charge < -0.3 is 11.1 Å². The zero-order valence-corrected chi connectivity index (χ0v) is 9.76. The van der Waals surface area contributed by atoms with Crippen LogP contribution in [0.25, 0.3) is 10.9 Å². The number of benzene rings is 1. The third-order valence-electron chi connectivity index (χ3n) is 2.52. The van der Waals surface area contributed by atoms with Crippen LogP contribution in [-0.4, -0.2) is 22.2 Å². The van der Waals surface area contributed by atoms with Gasteiger partial charge in [0.15, 0.2) is 0 Å². The van der Waals surface area contributed by atoms with Crippen LogP contribution in [0, 0.1) is 11.3 Å². The molecule has 1 amide bonds. The topological polar surface area (TPSA) is 96.7 Å². The molecule has 1 aromatic carbocycles. The summed E-state index contributed by atoms with van der Waals surface area (Å²) >= 11 is 0. The van der Waals surface area contributed by atoms with Gasteiger partial charge in [-0.05, 0) is 18.2 Å². The van der Waals surface area contributed by atoms with Crippen molar-refractivity contribution in [2.24, 2.45) is 0 Å². The summed E-state index contributed by atoms with van der Waals surface area (Å²) < 4.78 is 1.59. The molecule has 0 bridgehead atoms. The van der Waals surface area contributed by atoms with Crippen molar-refractivity contribution in [3.63, 3.8) is 0 Å². The van der Waals surface area contributed by atoms with E-state index in [0.29, 0.717) is 18.7 Å². The average Bonchev–Trinajstić information content (AvgIpc) is 2.72. The van der Waals surface area contributed by atoms with Gasteiger partial charge in [0.2, 0.25) is 5.91 Å². The van der Waals surface area contributed by atoms with E-state index in [9.17, 15) is 4.79 Å². The van der Waals surface area contributed by atoms with Crippen molar-refractivity contribution in [3.05, 3.63) is 24.4 Å². The van der Waals surface area contributed by atoms with Crippen LogP contribution in [-0.2, 0) is 11.3 Å². The van der Waals surface area contributed by atoms with Crippen molar-refractivity contribution in [3.8, 4) is 6.07 Å². The van der Waals surface area contributed by atoms with E-state index in [-0.39, 0.29) is 12.5 Å². The van der Waals surface area contributed by atoms with E-state index in [1.165, 1.54) is 0 Å². The number of aromatic nitrogens is 2. The highest BCUT2D eigenvalue weighted by molar-refractivity contribution is 5.84. The maximum Gasteiger partial charge on any atom is 0.241 e. The first-order valence-corrected chi connectivity index (χ1v) is 5.55. The molecule has 0 atom stereocenters. The van der Waals surface area contributed by atoms with Crippen molar-refractivity contribution in [2.75, 3.05) is 12.3 Å². The number of amides is 1. The summed E-state index contributed by atoms with van der Waals surface area (Å²) in [6, 6.07) is 7.40. The zero-order valence-electron chi connectivity index (χ0n) is 9.76. The minimum Gasteiger partial charge on any atom is -0.399 e. The Labute approximate surface area is 104 Å². The summed E-state index contributed by atoms with van der Waals surface area (Å²) in [6.45, 7) is 0.481. The fourth-order valence-corrected chi connectivity index (χ4v) is 1.66. The fraction of sp³-hybridized carbons (Fsp3) is 0.250. The van der Waals surface area contributed by atoms with E-state index in [1.807, 2.05) is 12.1 Å². The standard InChI is InChI=1S/C12H13N5O/c13-4-1-5-15-12(18)8-17-11-6-10(14)3-2-9(11)7-16-17/h2-3,6-7H,1,5,8,14H2,(H,15,18). The van der Waals surface area contributed by atoms with Crippen LogP contribution in [0.1, 0.15) is 6.42 Å². The predicted octanol–water partition coefficient (Wildman–Crippen LogP) is 0.648. The monoisotopic (exact) mass is 243 g/mol. The molecule has 92 valence electrons. The van der Waals surface area contributed by atoms with Crippen LogP contribution in [0.4, 0.5) is 5.69 Å². The van der Waals surface area contributed by atoms with Gasteiger partial charge in [-0.2, -0.15) is 10.4 Å². The SMILES string of the molecule is N#CCCNC(=O)Cn1ncc2ccc(N)cc21. The molecule has 6 heteroatoms. The molecule has 0 aliphatic heterocycles. The predicted molar refractivity (Wildman–Crippen MR) is 67.4 cm³/mol. The van der Waals surface area contributed by atoms with Gasteiger partial charge in [0.1, 0.15) is 6.54 Å². The van der Waals surface area contributed by atoms with E-state index in [2.05, 4.69) is 10.4 Å². The first-order valence-electron chi connectivity index (χ1n) is 5.55. The van der Waals surface area contributed by atoms with Gasteiger partial charge in [-0.25, -0.2) is 0 Å². The minimum atomic E-state index is -0.169. The number of rotatable bonds is 4. The van der Waals surface area contributed by atoms with E-state index >= 15 is 0 Å². The Morgan fingerprint density at radius 1 is 1.56 bits per heavy atom. The Morgan fingerprint density at radius 2 is 2.39 bits per heavy atom. The molecular weight excluding hydrogens is 230 g/mol. The van der Waals surface area contributed by atoms with Crippen LogP contribution in [0.5, 0.6) is 0 Å². The van der Waals surface area contributed by atoms with E-state index < -0.39 is 0 Å². The summed E-state index contributed by atoms with van der Waals surface area (Å²) in [5, 5.41) is 16.1. The molecule has 1 heterocycles. The number of nitrogens with two attached hydrogens (primary N) is 1. The van der Waals surface area contributed by atoms with Gasteiger partial charge in [0, 0.05) is 17.6 Å². The summed E-state index contributed by atoms with van der Waals surface area (Å²) in [5.74, 6) is -0.169. The number of hydrogen-bond acceptors (Lipinski definition) is 4. The Bertz CT molecular complexity index is 610. The number of nitrogens with zero attached hydrogens (tertiary/aromatic N) is 3. The molecule has 0 aliphatic carbocycles. The van der Waals surface area contributed by atoms with Gasteiger partial charge in [0.05, 0.1) is 24.2 Å². The smallest absolute Gasteiger partial charge is 0.241 e. The molecule has 2 rings (SSSR count). The number of fused-ring (bicyclic) bond motifs is 1. The molecule has 1 aromatic heterocycles. The highest BCUT2D eigenvalue weighted by atomic mass is 16.2. The van der Waals surface area contributed by atoms with Crippen LogP contribution < -0.4 is 11.1 Å². The lowest BCUT2D eigenvalue weighted by Crippen LogP contribution is -2.28. The summed E-state index contributed by atoms with van der Waals surface area (Å²) in [7, 11) is 0. The molecule has 3 N–H and O–H groups in total. The lowest BCUT2D eigenvalue weighted by Gasteiger charge is -2.04. The molecule has 0 spiro atoms. The van der Waals surface area contributed by atoms with Crippen LogP contribution in [0.2, 0.25) is 0 Å². The fourth-order valence-electron chi connectivity index (χ4n) is 1.66. The highest BCUT2D eigenvalue weighted by Gasteiger charge is 2.07. The lowest BCUT2D eigenvalue weighted by atomic mass is 10.2. The van der Waals surface area contributed by atoms with Gasteiger partial charge in [0.25, 0.3) is 0 Å². The van der Waals surface area contributed by atoms with Gasteiger partial charge in [-0.15, -0.1) is 0 Å². The Kier molecular flexibility index (Phi) is 3.44. The normalized spacial score (nSPS) is 10.2. The van der Waals surface area contributed by atoms with Gasteiger partial charge in [-0.3, -0.25) is 9.48 Å². The zero-order chi connectivity index (χ0) is 13.0. The Balaban J connectivity index is 2.10. The lowest BCUT2D eigenvalue weighted by molar-refractivity contribution is -0.121. The molecule has 0 aliphatic rings. The second-order valence-corrected chi connectivity index (χ2v) is 3.88. The molecular formula is C12H13N5O. The number of nitrogen functional groups attached to an aromatic ring is 1. The van der Waals surface area contributed by atoms with Crippen molar-refractivity contribution in [1.82, 2.24) is 15.1 Å². The molecule has 0 saturated heterocycles. The number of nitrogens with one attached hydrogen (secondary N) is 1. The van der Waals surface area contributed by atoms with Crippen molar-refractivity contribution >= 4 is 22.5 Å². The molecule has 2 aromatic rings. The molecule has 0 saturated carbocycles. The van der Waals surface area contributed by atoms with Gasteiger partial charge >= 0.3 is 0 Å². The Morgan fingerprint density at radius 3 is 3.17 bits per heavy atom. The average molecular weight is 243 g/mol. The molecule has 6 nitrogen and oxygen atoms in total. The van der Waals surface area contributed by atoms with E-state index in [0.717, 1.165) is 10.9 Å². The van der Waals surface area contributed by atoms with Crippen LogP contribution in [0.15, 0.2) is 24.4 Å². The van der Waals surface area contributed by atoms with Crippen molar-refractivity contribution in [1.29, 1.82) is 5.26 Å². The highest BCUT2D eigenvalue weighted by Crippen LogP contribution is 2.16. The summed E-state index contributed by atoms with van der Waals surface area (Å²) in [6.07, 6.45) is 2.00. The van der Waals surface area contributed by atoms with E-state index in [4.69, 9.17) is 11.0 Å². The largest absolute Gasteiger partial charge is 0.399 e. The number of carbonyl (C=O) groups excluding carboxylic acids is 1. The van der Waals surface area contributed by atoms with Crippen molar-refractivity contribution < 1.29 is 4.79 Å². The second kappa shape index (κ2) is 5.19. The molecule has 0 radical (unpaired) electrons. The number of anilines is 1. The maximum absolute atomic E-state index is 11.6. The third kappa shape index (κ3) is 2.58. The summed E-state index contributed by atoms with van der Waals surface area (Å²) in [5.41, 5.74) is 7.16. The number of carbonyl (C=O) groups is 1. The van der Waals surface area contributed by atoms with E-state index in [1.54, 1.807) is 23.0 Å². The Hall–Kier alpha value is -2.55. The maximum atomic E-state index is 11.6. The first kappa shape index (κ1) is 11.9. The van der Waals surface area contributed by atoms with Gasteiger partial charge in [-0.1, -0.05) is 0 Å². The van der Waals surface area contributed by atoms with Crippen LogP contribution in [0.3, 0.4) is 0 Å². The number of hydrogen-bond donors (Lipinski definition) is 2. The van der Waals surface area contributed by atoms with Crippen LogP contribution >= 0.6 is 0 Å². The summed E-state index contributed by atoms with van der Waals surface area (Å²) in [4.78, 5) is 11.6. The van der Waals surface area contributed by atoms with Crippen molar-refractivity contribution in [2.45, 2.75) is 13.0 Å². The minimum absolute atomic E-state index is 0.123. The molecule has 0 fully saturated rings. The first-order chi connectivity index (χ1) is 8.70. The molecule has 18 heavy (non-hydrogen) atoms. The number of nitriles is 1. The molecule has 0 unspecified atom stereocenters. The quantitative estimate of drug-likeness (QED) is 0.608. The second-order valence-electron chi connectivity index (χ2n) is 3.88.